The number of sulfonamides is 1. The van der Waals surface area contributed by atoms with Crippen molar-refractivity contribution in [3.05, 3.63) is 42.2 Å². The van der Waals surface area contributed by atoms with Crippen molar-refractivity contribution in [1.29, 1.82) is 0 Å². The summed E-state index contributed by atoms with van der Waals surface area (Å²) in [7, 11) is 0.388. The van der Waals surface area contributed by atoms with Gasteiger partial charge in [-0.05, 0) is 38.2 Å². The van der Waals surface area contributed by atoms with Gasteiger partial charge >= 0.3 is 0 Å². The molecule has 0 amide bonds. The highest BCUT2D eigenvalue weighted by Crippen LogP contribution is 2.16. The van der Waals surface area contributed by atoms with Crippen molar-refractivity contribution in [3.8, 4) is 0 Å². The van der Waals surface area contributed by atoms with Gasteiger partial charge in [-0.1, -0.05) is 19.1 Å². The van der Waals surface area contributed by atoms with Crippen molar-refractivity contribution < 1.29 is 8.42 Å². The first-order valence-electron chi connectivity index (χ1n) is 7.19. The molecular formula is C15H22N4O2S. The fraction of sp³-hybridized carbons (Fsp3) is 0.400. The third kappa shape index (κ3) is 4.32. The molecule has 0 radical (unpaired) electrons. The Morgan fingerprint density at radius 2 is 1.91 bits per heavy atom. The van der Waals surface area contributed by atoms with Crippen LogP contribution in [0.1, 0.15) is 12.5 Å². The number of nitrogens with zero attached hydrogens (tertiary/aromatic N) is 3. The zero-order chi connectivity index (χ0) is 16.2. The summed E-state index contributed by atoms with van der Waals surface area (Å²) < 4.78 is 28.9. The molecule has 1 aromatic carbocycles. The Labute approximate surface area is 131 Å². The molecule has 0 saturated carbocycles. The summed E-state index contributed by atoms with van der Waals surface area (Å²) in [6.07, 6.45) is 4.10. The van der Waals surface area contributed by atoms with Gasteiger partial charge in [-0.15, -0.1) is 0 Å². The minimum atomic E-state index is -3.57. The number of aromatic nitrogens is 2. The second-order valence-electron chi connectivity index (χ2n) is 5.40. The first-order chi connectivity index (χ1) is 10.4. The number of hydrogen-bond donors (Lipinski definition) is 1. The Hall–Kier alpha value is -1.86. The van der Waals surface area contributed by atoms with E-state index < -0.39 is 10.0 Å². The lowest BCUT2D eigenvalue weighted by Gasteiger charge is -2.09. The van der Waals surface area contributed by atoms with Gasteiger partial charge in [0.2, 0.25) is 0 Å². The molecule has 0 aliphatic rings. The van der Waals surface area contributed by atoms with Gasteiger partial charge in [0.1, 0.15) is 0 Å². The van der Waals surface area contributed by atoms with Crippen LogP contribution in [0.3, 0.4) is 0 Å². The van der Waals surface area contributed by atoms with Crippen LogP contribution in [0.4, 0.5) is 5.69 Å². The molecule has 7 heteroatoms. The quantitative estimate of drug-likeness (QED) is 0.844. The maximum Gasteiger partial charge on any atom is 0.261 e. The van der Waals surface area contributed by atoms with E-state index in [0.717, 1.165) is 18.5 Å². The summed E-state index contributed by atoms with van der Waals surface area (Å²) in [6, 6.07) is 6.90. The Bertz CT molecular complexity index is 705. The number of aryl methyl sites for hydroxylation is 1. The van der Waals surface area contributed by atoms with E-state index in [1.807, 2.05) is 38.1 Å². The predicted molar refractivity (Wildman–Crippen MR) is 87.4 cm³/mol. The molecule has 0 atom stereocenters. The van der Waals surface area contributed by atoms with Crippen LogP contribution in [0.25, 0.3) is 0 Å². The first-order valence-corrected chi connectivity index (χ1v) is 8.68. The summed E-state index contributed by atoms with van der Waals surface area (Å²) in [4.78, 5) is 2.30. The number of nitrogens with one attached hydrogen (secondary N) is 1. The van der Waals surface area contributed by atoms with Crippen LogP contribution < -0.4 is 4.72 Å². The average molecular weight is 322 g/mol. The number of hydrogen-bond acceptors (Lipinski definition) is 4. The molecule has 120 valence electrons. The fourth-order valence-electron chi connectivity index (χ4n) is 1.96. The minimum absolute atomic E-state index is 0.255. The topological polar surface area (TPSA) is 67.2 Å². The largest absolute Gasteiger partial charge is 0.308 e. The zero-order valence-electron chi connectivity index (χ0n) is 13.2. The van der Waals surface area contributed by atoms with Crippen LogP contribution >= 0.6 is 0 Å². The number of benzene rings is 1. The van der Waals surface area contributed by atoms with Gasteiger partial charge in [0.05, 0.1) is 23.3 Å². The maximum atomic E-state index is 12.3. The molecule has 2 rings (SSSR count). The molecule has 6 nitrogen and oxygen atoms in total. The van der Waals surface area contributed by atoms with Gasteiger partial charge in [-0.25, -0.2) is 8.42 Å². The van der Waals surface area contributed by atoms with Crippen LogP contribution in [0.2, 0.25) is 0 Å². The van der Waals surface area contributed by atoms with Crippen LogP contribution in [0, 0.1) is 0 Å². The standard InChI is InChI=1S/C15H22N4O2S/c1-4-13-5-7-15(8-6-13)22(20,21)17-14-11-16-19(12-14)10-9-18(2)3/h5-8,11-12,17H,4,9-10H2,1-3H3. The molecule has 0 fully saturated rings. The van der Waals surface area contributed by atoms with E-state index in [0.29, 0.717) is 12.2 Å². The molecular weight excluding hydrogens is 300 g/mol. The van der Waals surface area contributed by atoms with Gasteiger partial charge in [0.15, 0.2) is 0 Å². The van der Waals surface area contributed by atoms with Gasteiger partial charge in [-0.2, -0.15) is 5.10 Å². The predicted octanol–water partition coefficient (Wildman–Crippen LogP) is 1.81. The van der Waals surface area contributed by atoms with Gasteiger partial charge in [0, 0.05) is 12.7 Å². The normalized spacial score (nSPS) is 11.8. The molecule has 0 saturated heterocycles. The van der Waals surface area contributed by atoms with Crippen LogP contribution in [0.5, 0.6) is 0 Å². The number of anilines is 1. The van der Waals surface area contributed by atoms with Crippen LogP contribution in [-0.4, -0.2) is 43.7 Å². The van der Waals surface area contributed by atoms with Crippen molar-refractivity contribution in [1.82, 2.24) is 14.7 Å². The Balaban J connectivity index is 2.08. The molecule has 0 unspecified atom stereocenters. The van der Waals surface area contributed by atoms with E-state index in [2.05, 4.69) is 9.82 Å². The second kappa shape index (κ2) is 6.93. The lowest BCUT2D eigenvalue weighted by Crippen LogP contribution is -2.18. The van der Waals surface area contributed by atoms with E-state index in [1.54, 1.807) is 23.0 Å². The van der Waals surface area contributed by atoms with E-state index in [9.17, 15) is 8.42 Å². The molecule has 1 heterocycles. The zero-order valence-corrected chi connectivity index (χ0v) is 14.0. The molecule has 0 aliphatic heterocycles. The summed E-state index contributed by atoms with van der Waals surface area (Å²) in [5.74, 6) is 0. The highest BCUT2D eigenvalue weighted by Gasteiger charge is 2.14. The molecule has 22 heavy (non-hydrogen) atoms. The average Bonchev–Trinajstić information content (AvgIpc) is 2.92. The lowest BCUT2D eigenvalue weighted by atomic mass is 10.2. The molecule has 2 aromatic rings. The number of likely N-dealkylation sites (N-methyl/N-ethyl adjacent to an activating group) is 1. The van der Waals surface area contributed by atoms with E-state index in [1.165, 1.54) is 6.20 Å². The maximum absolute atomic E-state index is 12.3. The van der Waals surface area contributed by atoms with Crippen molar-refractivity contribution in [2.75, 3.05) is 25.4 Å². The molecule has 0 aliphatic carbocycles. The molecule has 0 spiro atoms. The molecule has 0 bridgehead atoms. The van der Waals surface area contributed by atoms with Crippen LogP contribution in [0.15, 0.2) is 41.6 Å². The van der Waals surface area contributed by atoms with Crippen LogP contribution in [-0.2, 0) is 23.0 Å². The Morgan fingerprint density at radius 1 is 1.23 bits per heavy atom. The van der Waals surface area contributed by atoms with E-state index in [-0.39, 0.29) is 4.90 Å². The number of rotatable bonds is 7. The highest BCUT2D eigenvalue weighted by molar-refractivity contribution is 7.92. The second-order valence-corrected chi connectivity index (χ2v) is 7.08. The van der Waals surface area contributed by atoms with Crippen molar-refractivity contribution >= 4 is 15.7 Å². The molecule has 1 aromatic heterocycles. The summed E-state index contributed by atoms with van der Waals surface area (Å²) in [5, 5.41) is 4.16. The van der Waals surface area contributed by atoms with Crippen molar-refractivity contribution in [3.63, 3.8) is 0 Å². The minimum Gasteiger partial charge on any atom is -0.308 e. The van der Waals surface area contributed by atoms with Gasteiger partial charge in [-0.3, -0.25) is 9.40 Å². The smallest absolute Gasteiger partial charge is 0.261 e. The van der Waals surface area contributed by atoms with Crippen molar-refractivity contribution in [2.24, 2.45) is 0 Å². The lowest BCUT2D eigenvalue weighted by molar-refractivity contribution is 0.373. The van der Waals surface area contributed by atoms with E-state index in [4.69, 9.17) is 0 Å². The Morgan fingerprint density at radius 3 is 2.50 bits per heavy atom. The third-order valence-corrected chi connectivity index (χ3v) is 4.70. The first kappa shape index (κ1) is 16.5. The SMILES string of the molecule is CCc1ccc(S(=O)(=O)Nc2cnn(CCN(C)C)c2)cc1. The van der Waals surface area contributed by atoms with Crippen molar-refractivity contribution in [2.45, 2.75) is 24.8 Å². The van der Waals surface area contributed by atoms with E-state index >= 15 is 0 Å². The monoisotopic (exact) mass is 322 g/mol. The van der Waals surface area contributed by atoms with Gasteiger partial charge < -0.3 is 4.90 Å². The highest BCUT2D eigenvalue weighted by atomic mass is 32.2. The summed E-state index contributed by atoms with van der Waals surface area (Å²) >= 11 is 0. The molecule has 1 N–H and O–H groups in total. The fourth-order valence-corrected chi connectivity index (χ4v) is 2.99. The van der Waals surface area contributed by atoms with Gasteiger partial charge in [0.25, 0.3) is 10.0 Å². The summed E-state index contributed by atoms with van der Waals surface area (Å²) in [5.41, 5.74) is 1.58. The Kier molecular flexibility index (Phi) is 5.20. The third-order valence-electron chi connectivity index (χ3n) is 3.30. The summed E-state index contributed by atoms with van der Waals surface area (Å²) in [6.45, 7) is 3.58.